The Morgan fingerprint density at radius 3 is 2.04 bits per heavy atom. The number of furan rings is 1. The molecule has 0 bridgehead atoms. The minimum atomic E-state index is -5.50. The van der Waals surface area contributed by atoms with Crippen LogP contribution in [0.25, 0.3) is 0 Å². The standard InChI is InChI=1S/C14H14F3NO6/c1-7(19)10(8(2)20)13(12(22)23-3,14(15,16)17)18-11(21)9-5-4-6-24-9/h4-6,10H,1-3H3,(H,18,21)/t13-/m1/s1. The van der Waals surface area contributed by atoms with Gasteiger partial charge < -0.3 is 14.5 Å². The van der Waals surface area contributed by atoms with Crippen molar-refractivity contribution in [1.29, 1.82) is 0 Å². The molecule has 0 fully saturated rings. The number of nitrogens with one attached hydrogen (secondary N) is 1. The predicted molar refractivity (Wildman–Crippen MR) is 71.8 cm³/mol. The van der Waals surface area contributed by atoms with Crippen molar-refractivity contribution >= 4 is 23.4 Å². The Kier molecular flexibility index (Phi) is 5.54. The van der Waals surface area contributed by atoms with Crippen LogP contribution < -0.4 is 5.32 Å². The fourth-order valence-corrected chi connectivity index (χ4v) is 2.30. The maximum atomic E-state index is 13.7. The molecule has 1 N–H and O–H groups in total. The van der Waals surface area contributed by atoms with E-state index in [1.165, 1.54) is 11.4 Å². The molecule has 1 amide bonds. The number of hydrogen-bond donors (Lipinski definition) is 1. The lowest BCUT2D eigenvalue weighted by Gasteiger charge is -2.37. The first kappa shape index (κ1) is 19.4. The van der Waals surface area contributed by atoms with Crippen molar-refractivity contribution in [2.24, 2.45) is 5.92 Å². The van der Waals surface area contributed by atoms with Gasteiger partial charge in [-0.1, -0.05) is 0 Å². The van der Waals surface area contributed by atoms with Gasteiger partial charge in [-0.3, -0.25) is 14.4 Å². The summed E-state index contributed by atoms with van der Waals surface area (Å²) in [6.07, 6.45) is -4.47. The van der Waals surface area contributed by atoms with E-state index in [0.717, 1.165) is 12.3 Å². The van der Waals surface area contributed by atoms with Crippen molar-refractivity contribution in [3.63, 3.8) is 0 Å². The Hall–Kier alpha value is -2.65. The van der Waals surface area contributed by atoms with E-state index in [-0.39, 0.29) is 0 Å². The number of hydrogen-bond acceptors (Lipinski definition) is 6. The van der Waals surface area contributed by atoms with Crippen LogP contribution in [0.5, 0.6) is 0 Å². The predicted octanol–water partition coefficient (Wildman–Crippen LogP) is 1.28. The Morgan fingerprint density at radius 2 is 1.71 bits per heavy atom. The van der Waals surface area contributed by atoms with Gasteiger partial charge in [0.15, 0.2) is 5.76 Å². The maximum Gasteiger partial charge on any atom is 0.423 e. The van der Waals surface area contributed by atoms with E-state index in [0.29, 0.717) is 21.0 Å². The number of methoxy groups -OCH3 is 1. The molecule has 0 aliphatic rings. The highest BCUT2D eigenvalue weighted by atomic mass is 19.4. The lowest BCUT2D eigenvalue weighted by Crippen LogP contribution is -2.71. The number of esters is 1. The van der Waals surface area contributed by atoms with Gasteiger partial charge >= 0.3 is 12.1 Å². The summed E-state index contributed by atoms with van der Waals surface area (Å²) in [6.45, 7) is 1.41. The topological polar surface area (TPSA) is 103 Å². The summed E-state index contributed by atoms with van der Waals surface area (Å²) in [5.41, 5.74) is -3.87. The Balaban J connectivity index is 3.58. The van der Waals surface area contributed by atoms with E-state index in [1.807, 2.05) is 0 Å². The average Bonchev–Trinajstić information content (AvgIpc) is 2.97. The van der Waals surface area contributed by atoms with Gasteiger partial charge in [0, 0.05) is 0 Å². The molecule has 10 heteroatoms. The molecule has 1 aromatic rings. The van der Waals surface area contributed by atoms with E-state index in [2.05, 4.69) is 9.15 Å². The second-order valence-corrected chi connectivity index (χ2v) is 4.88. The fraction of sp³-hybridized carbons (Fsp3) is 0.429. The average molecular weight is 349 g/mol. The third kappa shape index (κ3) is 3.31. The SMILES string of the molecule is COC(=O)[C@](NC(=O)c1ccco1)(C(C(C)=O)C(C)=O)C(F)(F)F. The number of ketones is 2. The molecular weight excluding hydrogens is 335 g/mol. The molecule has 1 rings (SSSR count). The number of carbonyl (C=O) groups is 4. The van der Waals surface area contributed by atoms with Crippen LogP contribution in [0, 0.1) is 5.92 Å². The van der Waals surface area contributed by atoms with Gasteiger partial charge in [-0.2, -0.15) is 13.2 Å². The first-order chi connectivity index (χ1) is 11.0. The number of alkyl halides is 3. The Labute approximate surface area is 134 Å². The Bertz CT molecular complexity index is 638. The molecule has 0 spiro atoms. The summed E-state index contributed by atoms with van der Waals surface area (Å²) in [6, 6.07) is 2.28. The normalized spacial score (nSPS) is 14.0. The van der Waals surface area contributed by atoms with E-state index in [1.54, 1.807) is 0 Å². The van der Waals surface area contributed by atoms with Gasteiger partial charge in [0.2, 0.25) is 0 Å². The van der Waals surface area contributed by atoms with Gasteiger partial charge in [0.05, 0.1) is 13.4 Å². The summed E-state index contributed by atoms with van der Waals surface area (Å²) in [4.78, 5) is 47.3. The molecule has 132 valence electrons. The summed E-state index contributed by atoms with van der Waals surface area (Å²) in [7, 11) is 0.638. The molecule has 0 saturated heterocycles. The van der Waals surface area contributed by atoms with Crippen LogP contribution >= 0.6 is 0 Å². The quantitative estimate of drug-likeness (QED) is 0.613. The van der Waals surface area contributed by atoms with Crippen molar-refractivity contribution in [1.82, 2.24) is 5.32 Å². The van der Waals surface area contributed by atoms with E-state index in [4.69, 9.17) is 0 Å². The lowest BCUT2D eigenvalue weighted by atomic mass is 9.77. The summed E-state index contributed by atoms with van der Waals surface area (Å²) in [5, 5.41) is 1.41. The van der Waals surface area contributed by atoms with Gasteiger partial charge in [-0.05, 0) is 26.0 Å². The van der Waals surface area contributed by atoms with Crippen molar-refractivity contribution in [3.8, 4) is 0 Å². The summed E-state index contributed by atoms with van der Waals surface area (Å²) in [5.74, 6) is -9.00. The molecule has 0 radical (unpaired) electrons. The highest BCUT2D eigenvalue weighted by Gasteiger charge is 2.69. The van der Waals surface area contributed by atoms with Crippen LogP contribution in [-0.2, 0) is 19.1 Å². The molecular formula is C14H14F3NO6. The van der Waals surface area contributed by atoms with Crippen LogP contribution in [0.2, 0.25) is 0 Å². The van der Waals surface area contributed by atoms with Crippen molar-refractivity contribution in [2.45, 2.75) is 25.6 Å². The molecule has 7 nitrogen and oxygen atoms in total. The minimum Gasteiger partial charge on any atom is -0.467 e. The Morgan fingerprint density at radius 1 is 1.17 bits per heavy atom. The second kappa shape index (κ2) is 6.85. The molecule has 0 aliphatic carbocycles. The monoisotopic (exact) mass is 349 g/mol. The van der Waals surface area contributed by atoms with Crippen LogP contribution in [0.1, 0.15) is 24.4 Å². The number of ether oxygens (including phenoxy) is 1. The largest absolute Gasteiger partial charge is 0.467 e. The van der Waals surface area contributed by atoms with Crippen molar-refractivity contribution in [2.75, 3.05) is 7.11 Å². The number of rotatable bonds is 6. The van der Waals surface area contributed by atoms with E-state index < -0.39 is 46.8 Å². The van der Waals surface area contributed by atoms with Crippen LogP contribution in [0.4, 0.5) is 13.2 Å². The van der Waals surface area contributed by atoms with E-state index >= 15 is 0 Å². The summed E-state index contributed by atoms with van der Waals surface area (Å²) < 4.78 is 50.0. The molecule has 1 atom stereocenters. The number of halogens is 3. The summed E-state index contributed by atoms with van der Waals surface area (Å²) >= 11 is 0. The molecule has 0 unspecified atom stereocenters. The second-order valence-electron chi connectivity index (χ2n) is 4.88. The molecule has 24 heavy (non-hydrogen) atoms. The number of amides is 1. The van der Waals surface area contributed by atoms with Crippen molar-refractivity contribution in [3.05, 3.63) is 24.2 Å². The van der Waals surface area contributed by atoms with Gasteiger partial charge in [0.1, 0.15) is 17.5 Å². The van der Waals surface area contributed by atoms with Crippen LogP contribution in [-0.4, -0.2) is 42.3 Å². The highest BCUT2D eigenvalue weighted by molar-refractivity contribution is 6.09. The fourth-order valence-electron chi connectivity index (χ4n) is 2.30. The zero-order valence-corrected chi connectivity index (χ0v) is 12.9. The number of carbonyl (C=O) groups excluding carboxylic acids is 4. The van der Waals surface area contributed by atoms with Crippen LogP contribution in [0.3, 0.4) is 0 Å². The van der Waals surface area contributed by atoms with Gasteiger partial charge in [-0.15, -0.1) is 0 Å². The zero-order chi connectivity index (χ0) is 18.7. The first-order valence-electron chi connectivity index (χ1n) is 6.51. The lowest BCUT2D eigenvalue weighted by molar-refractivity contribution is -0.220. The van der Waals surface area contributed by atoms with E-state index in [9.17, 15) is 32.3 Å². The first-order valence-corrected chi connectivity index (χ1v) is 6.51. The third-order valence-electron chi connectivity index (χ3n) is 3.26. The smallest absolute Gasteiger partial charge is 0.423 e. The third-order valence-corrected chi connectivity index (χ3v) is 3.26. The molecule has 1 aromatic heterocycles. The van der Waals surface area contributed by atoms with Gasteiger partial charge in [-0.25, -0.2) is 4.79 Å². The molecule has 1 heterocycles. The minimum absolute atomic E-state index is 0.543. The van der Waals surface area contributed by atoms with Gasteiger partial charge in [0.25, 0.3) is 11.4 Å². The highest BCUT2D eigenvalue weighted by Crippen LogP contribution is 2.39. The number of Topliss-reactive ketones (excluding diaryl/α,β-unsaturated/α-hetero) is 2. The maximum absolute atomic E-state index is 13.7. The van der Waals surface area contributed by atoms with Crippen molar-refractivity contribution < 1.29 is 41.5 Å². The molecule has 0 aliphatic heterocycles. The molecule has 0 aromatic carbocycles. The molecule has 0 saturated carbocycles. The zero-order valence-electron chi connectivity index (χ0n) is 12.9. The van der Waals surface area contributed by atoms with Crippen LogP contribution in [0.15, 0.2) is 22.8 Å².